The van der Waals surface area contributed by atoms with Crippen LogP contribution < -0.4 is 20.1 Å². The standard InChI is InChI=1S/C26H23N3O5/c30-25(28-19-10-11-23-24(13-19)34-16-33-23)22(12-18-14-27-21-9-5-4-8-20(18)21)29-26(31)32-15-17-6-2-1-3-7-17/h1-11,13-14,22,27H,12,15-16H2,(H,28,30)(H,29,31)/t22-/m0/s1. The summed E-state index contributed by atoms with van der Waals surface area (Å²) in [5, 5.41) is 6.56. The summed E-state index contributed by atoms with van der Waals surface area (Å²) < 4.78 is 16.1. The van der Waals surface area contributed by atoms with Crippen LogP contribution in [-0.2, 0) is 22.6 Å². The maximum atomic E-state index is 13.2. The molecule has 0 saturated heterocycles. The van der Waals surface area contributed by atoms with Gasteiger partial charge in [-0.05, 0) is 29.3 Å². The molecule has 172 valence electrons. The van der Waals surface area contributed by atoms with Crippen LogP contribution in [0.1, 0.15) is 11.1 Å². The highest BCUT2D eigenvalue weighted by atomic mass is 16.7. The van der Waals surface area contributed by atoms with Crippen molar-refractivity contribution in [2.24, 2.45) is 0 Å². The largest absolute Gasteiger partial charge is 0.454 e. The van der Waals surface area contributed by atoms with E-state index in [1.165, 1.54) is 0 Å². The van der Waals surface area contributed by atoms with Crippen molar-refractivity contribution in [3.8, 4) is 11.5 Å². The minimum atomic E-state index is -0.868. The number of ether oxygens (including phenoxy) is 3. The molecule has 3 aromatic carbocycles. The lowest BCUT2D eigenvalue weighted by atomic mass is 10.0. The van der Waals surface area contributed by atoms with E-state index in [1.54, 1.807) is 18.2 Å². The molecule has 2 heterocycles. The van der Waals surface area contributed by atoms with Crippen molar-refractivity contribution >= 4 is 28.6 Å². The summed E-state index contributed by atoms with van der Waals surface area (Å²) in [5.74, 6) is 0.804. The van der Waals surface area contributed by atoms with E-state index < -0.39 is 12.1 Å². The first-order valence-electron chi connectivity index (χ1n) is 10.9. The van der Waals surface area contributed by atoms with Crippen molar-refractivity contribution < 1.29 is 23.8 Å². The maximum Gasteiger partial charge on any atom is 0.408 e. The molecule has 3 N–H and O–H groups in total. The zero-order valence-corrected chi connectivity index (χ0v) is 18.2. The van der Waals surface area contributed by atoms with Crippen LogP contribution in [0.25, 0.3) is 10.9 Å². The molecule has 34 heavy (non-hydrogen) atoms. The van der Waals surface area contributed by atoms with Gasteiger partial charge < -0.3 is 29.8 Å². The third kappa shape index (κ3) is 4.80. The van der Waals surface area contributed by atoms with Crippen LogP contribution in [-0.4, -0.2) is 29.8 Å². The fourth-order valence-corrected chi connectivity index (χ4v) is 3.84. The number of anilines is 1. The molecular weight excluding hydrogens is 434 g/mol. The number of hydrogen-bond acceptors (Lipinski definition) is 5. The van der Waals surface area contributed by atoms with Crippen LogP contribution in [0.4, 0.5) is 10.5 Å². The molecule has 0 saturated carbocycles. The summed E-state index contributed by atoms with van der Waals surface area (Å²) in [6, 6.07) is 21.4. The van der Waals surface area contributed by atoms with Gasteiger partial charge in [0.25, 0.3) is 0 Å². The van der Waals surface area contributed by atoms with Gasteiger partial charge in [0.2, 0.25) is 12.7 Å². The van der Waals surface area contributed by atoms with E-state index in [4.69, 9.17) is 14.2 Å². The predicted octanol–water partition coefficient (Wildman–Crippen LogP) is 4.37. The number of hydrogen-bond donors (Lipinski definition) is 3. The molecule has 8 nitrogen and oxygen atoms in total. The number of aromatic amines is 1. The summed E-state index contributed by atoms with van der Waals surface area (Å²) in [6.07, 6.45) is 1.46. The number of carbonyl (C=O) groups is 2. The predicted molar refractivity (Wildman–Crippen MR) is 127 cm³/mol. The van der Waals surface area contributed by atoms with E-state index in [0.29, 0.717) is 17.2 Å². The minimum absolute atomic E-state index is 0.107. The zero-order chi connectivity index (χ0) is 23.3. The lowest BCUT2D eigenvalue weighted by Crippen LogP contribution is -2.45. The van der Waals surface area contributed by atoms with Crippen LogP contribution >= 0.6 is 0 Å². The number of amides is 2. The highest BCUT2D eigenvalue weighted by Crippen LogP contribution is 2.34. The molecule has 4 aromatic rings. The first kappa shape index (κ1) is 21.4. The number of nitrogens with one attached hydrogen (secondary N) is 3. The molecule has 5 rings (SSSR count). The van der Waals surface area contributed by atoms with Crippen molar-refractivity contribution in [1.29, 1.82) is 0 Å². The second kappa shape index (κ2) is 9.58. The number of fused-ring (bicyclic) bond motifs is 2. The number of aromatic nitrogens is 1. The van der Waals surface area contributed by atoms with Gasteiger partial charge in [0, 0.05) is 35.3 Å². The molecular formula is C26H23N3O5. The van der Waals surface area contributed by atoms with Crippen LogP contribution in [0.2, 0.25) is 0 Å². The molecule has 0 unspecified atom stereocenters. The normalized spacial score (nSPS) is 12.8. The van der Waals surface area contributed by atoms with E-state index in [-0.39, 0.29) is 25.7 Å². The van der Waals surface area contributed by atoms with E-state index in [1.807, 2.05) is 60.8 Å². The van der Waals surface area contributed by atoms with E-state index in [0.717, 1.165) is 22.0 Å². The van der Waals surface area contributed by atoms with Gasteiger partial charge in [0.05, 0.1) is 0 Å². The molecule has 2 amide bonds. The van der Waals surface area contributed by atoms with Gasteiger partial charge >= 0.3 is 6.09 Å². The van der Waals surface area contributed by atoms with Crippen molar-refractivity contribution in [2.75, 3.05) is 12.1 Å². The summed E-state index contributed by atoms with van der Waals surface area (Å²) in [7, 11) is 0. The molecule has 0 aliphatic carbocycles. The molecule has 1 aliphatic heterocycles. The Kier molecular flexibility index (Phi) is 6.03. The SMILES string of the molecule is O=C(N[C@@H](Cc1c[nH]c2ccccc12)C(=O)Nc1ccc2c(c1)OCO2)OCc1ccccc1. The number of carbonyl (C=O) groups excluding carboxylic acids is 2. The quantitative estimate of drug-likeness (QED) is 0.383. The lowest BCUT2D eigenvalue weighted by Gasteiger charge is -2.18. The van der Waals surface area contributed by atoms with Gasteiger partial charge in [-0.25, -0.2) is 4.79 Å². The van der Waals surface area contributed by atoms with Crippen molar-refractivity contribution in [2.45, 2.75) is 19.1 Å². The van der Waals surface area contributed by atoms with E-state index in [9.17, 15) is 9.59 Å². The third-order valence-corrected chi connectivity index (χ3v) is 5.56. The first-order valence-corrected chi connectivity index (χ1v) is 10.9. The lowest BCUT2D eigenvalue weighted by molar-refractivity contribution is -0.118. The molecule has 1 atom stereocenters. The van der Waals surface area contributed by atoms with Crippen LogP contribution in [0.5, 0.6) is 11.5 Å². The Labute approximate surface area is 195 Å². The Morgan fingerprint density at radius 3 is 2.65 bits per heavy atom. The van der Waals surface area contributed by atoms with Gasteiger partial charge in [-0.1, -0.05) is 48.5 Å². The zero-order valence-electron chi connectivity index (χ0n) is 18.2. The number of para-hydroxylation sites is 1. The molecule has 0 spiro atoms. The molecule has 0 radical (unpaired) electrons. The molecule has 0 bridgehead atoms. The Bertz CT molecular complexity index is 1320. The number of rotatable bonds is 7. The average molecular weight is 457 g/mol. The van der Waals surface area contributed by atoms with Crippen LogP contribution in [0.15, 0.2) is 79.0 Å². The summed E-state index contributed by atoms with van der Waals surface area (Å²) in [5.41, 5.74) is 3.26. The minimum Gasteiger partial charge on any atom is -0.454 e. The molecule has 0 fully saturated rings. The third-order valence-electron chi connectivity index (χ3n) is 5.56. The van der Waals surface area contributed by atoms with Gasteiger partial charge in [0.15, 0.2) is 11.5 Å². The monoisotopic (exact) mass is 457 g/mol. The summed E-state index contributed by atoms with van der Waals surface area (Å²) in [4.78, 5) is 29.0. The van der Waals surface area contributed by atoms with Crippen LogP contribution in [0, 0.1) is 0 Å². The molecule has 1 aromatic heterocycles. The fraction of sp³-hybridized carbons (Fsp3) is 0.154. The molecule has 8 heteroatoms. The van der Waals surface area contributed by atoms with E-state index in [2.05, 4.69) is 15.6 Å². The second-order valence-corrected chi connectivity index (χ2v) is 7.88. The van der Waals surface area contributed by atoms with Gasteiger partial charge in [-0.2, -0.15) is 0 Å². The first-order chi connectivity index (χ1) is 16.7. The van der Waals surface area contributed by atoms with Crippen molar-refractivity contribution in [1.82, 2.24) is 10.3 Å². The number of H-pyrrole nitrogens is 1. The van der Waals surface area contributed by atoms with E-state index >= 15 is 0 Å². The number of alkyl carbamates (subject to hydrolysis) is 1. The van der Waals surface area contributed by atoms with Gasteiger partial charge in [0.1, 0.15) is 12.6 Å². The fourth-order valence-electron chi connectivity index (χ4n) is 3.84. The molecule has 1 aliphatic rings. The Balaban J connectivity index is 1.32. The smallest absolute Gasteiger partial charge is 0.408 e. The Morgan fingerprint density at radius 2 is 1.76 bits per heavy atom. The van der Waals surface area contributed by atoms with Gasteiger partial charge in [-0.3, -0.25) is 4.79 Å². The highest BCUT2D eigenvalue weighted by molar-refractivity contribution is 5.97. The summed E-state index contributed by atoms with van der Waals surface area (Å²) >= 11 is 0. The van der Waals surface area contributed by atoms with Crippen LogP contribution in [0.3, 0.4) is 0 Å². The topological polar surface area (TPSA) is 102 Å². The summed E-state index contributed by atoms with van der Waals surface area (Å²) in [6.45, 7) is 0.251. The second-order valence-electron chi connectivity index (χ2n) is 7.88. The van der Waals surface area contributed by atoms with Crippen molar-refractivity contribution in [3.05, 3.63) is 90.1 Å². The maximum absolute atomic E-state index is 13.2. The Hall–Kier alpha value is -4.46. The number of benzene rings is 3. The average Bonchev–Trinajstić information content (AvgIpc) is 3.50. The van der Waals surface area contributed by atoms with Crippen molar-refractivity contribution in [3.63, 3.8) is 0 Å². The van der Waals surface area contributed by atoms with Gasteiger partial charge in [-0.15, -0.1) is 0 Å². The highest BCUT2D eigenvalue weighted by Gasteiger charge is 2.24. The Morgan fingerprint density at radius 1 is 0.971 bits per heavy atom.